The molecular weight excluding hydrogens is 584 g/mol. The number of aromatic nitrogens is 1. The quantitative estimate of drug-likeness (QED) is 0.189. The van der Waals surface area contributed by atoms with E-state index in [1.165, 1.54) is 11.0 Å². The third kappa shape index (κ3) is 5.30. The molecule has 4 aromatic rings. The van der Waals surface area contributed by atoms with Crippen molar-refractivity contribution in [3.63, 3.8) is 0 Å². The smallest absolute Gasteiger partial charge is 0.322 e. The zero-order chi connectivity index (χ0) is 30.4. The molecule has 1 saturated heterocycles. The molecule has 8 nitrogen and oxygen atoms in total. The molecule has 5 amide bonds. The van der Waals surface area contributed by atoms with Crippen molar-refractivity contribution in [2.75, 3.05) is 10.2 Å². The van der Waals surface area contributed by atoms with Gasteiger partial charge in [0.15, 0.2) is 0 Å². The first kappa shape index (κ1) is 28.6. The number of urea groups is 1. The van der Waals surface area contributed by atoms with Crippen molar-refractivity contribution < 1.29 is 19.2 Å². The second kappa shape index (κ2) is 11.3. The number of imide groups is 2. The summed E-state index contributed by atoms with van der Waals surface area (Å²) >= 11 is 7.60. The predicted octanol–water partition coefficient (Wildman–Crippen LogP) is 6.91. The lowest BCUT2D eigenvalue weighted by molar-refractivity contribution is -0.122. The van der Waals surface area contributed by atoms with Gasteiger partial charge in [-0.05, 0) is 106 Å². The van der Waals surface area contributed by atoms with Crippen molar-refractivity contribution in [1.29, 1.82) is 0 Å². The maximum absolute atomic E-state index is 13.8. The van der Waals surface area contributed by atoms with Crippen molar-refractivity contribution in [3.05, 3.63) is 104 Å². The fourth-order valence-corrected chi connectivity index (χ4v) is 7.28. The van der Waals surface area contributed by atoms with E-state index in [1.807, 2.05) is 55.7 Å². The van der Waals surface area contributed by atoms with E-state index in [0.29, 0.717) is 21.8 Å². The van der Waals surface area contributed by atoms with E-state index in [-0.39, 0.29) is 11.5 Å². The van der Waals surface area contributed by atoms with Gasteiger partial charge in [0.2, 0.25) is 0 Å². The molecule has 6 rings (SSSR count). The first-order chi connectivity index (χ1) is 20.6. The molecule has 2 aromatic carbocycles. The van der Waals surface area contributed by atoms with Gasteiger partial charge < -0.3 is 9.88 Å². The van der Waals surface area contributed by atoms with Gasteiger partial charge in [-0.15, -0.1) is 11.3 Å². The summed E-state index contributed by atoms with van der Waals surface area (Å²) in [4.78, 5) is 54.9. The van der Waals surface area contributed by atoms with E-state index in [0.717, 1.165) is 63.8 Å². The molecule has 0 spiro atoms. The molecule has 1 aliphatic carbocycles. The van der Waals surface area contributed by atoms with Crippen LogP contribution in [-0.4, -0.2) is 28.3 Å². The van der Waals surface area contributed by atoms with Crippen LogP contribution in [0.3, 0.4) is 0 Å². The minimum absolute atomic E-state index is 0.162. The zero-order valence-corrected chi connectivity index (χ0v) is 25.5. The summed E-state index contributed by atoms with van der Waals surface area (Å²) in [6.45, 7) is 5.83. The molecule has 2 aliphatic rings. The van der Waals surface area contributed by atoms with Crippen LogP contribution in [0.2, 0.25) is 5.02 Å². The summed E-state index contributed by atoms with van der Waals surface area (Å²) < 4.78 is 2.02. The number of aryl methyl sites for hydroxylation is 3. The lowest BCUT2D eigenvalue weighted by Gasteiger charge is -2.26. The van der Waals surface area contributed by atoms with E-state index in [1.54, 1.807) is 35.6 Å². The van der Waals surface area contributed by atoms with E-state index >= 15 is 0 Å². The number of carbonyl (C=O) groups excluding carboxylic acids is 4. The summed E-state index contributed by atoms with van der Waals surface area (Å²) in [6, 6.07) is 15.0. The van der Waals surface area contributed by atoms with Gasteiger partial charge in [-0.2, -0.15) is 0 Å². The predicted molar refractivity (Wildman–Crippen MR) is 169 cm³/mol. The Morgan fingerprint density at radius 3 is 2.40 bits per heavy atom. The first-order valence-electron chi connectivity index (χ1n) is 14.0. The average molecular weight is 613 g/mol. The molecule has 0 saturated carbocycles. The summed E-state index contributed by atoms with van der Waals surface area (Å²) in [7, 11) is 0. The number of benzene rings is 2. The minimum Gasteiger partial charge on any atom is -0.322 e. The van der Waals surface area contributed by atoms with Crippen LogP contribution in [-0.2, 0) is 22.4 Å². The van der Waals surface area contributed by atoms with E-state index in [2.05, 4.69) is 10.6 Å². The molecule has 2 aromatic heterocycles. The molecule has 0 unspecified atom stereocenters. The van der Waals surface area contributed by atoms with E-state index < -0.39 is 17.8 Å². The Hall–Kier alpha value is -4.47. The number of thiophene rings is 1. The SMILES string of the molecule is Cc1ccc(NC(=O)c2c(-n3c(C)cc(/C=C4\C(=O)NC(=O)N(c5ccc(Cl)cc5)C4=O)c3C)sc3c2CCCC3)cc1. The normalized spacial score (nSPS) is 16.0. The number of rotatable bonds is 5. The van der Waals surface area contributed by atoms with Crippen LogP contribution >= 0.6 is 22.9 Å². The van der Waals surface area contributed by atoms with Crippen LogP contribution in [0.5, 0.6) is 0 Å². The monoisotopic (exact) mass is 612 g/mol. The van der Waals surface area contributed by atoms with Crippen LogP contribution in [0.1, 0.15) is 56.2 Å². The van der Waals surface area contributed by atoms with Gasteiger partial charge in [0.1, 0.15) is 10.6 Å². The van der Waals surface area contributed by atoms with Crippen LogP contribution in [0.4, 0.5) is 16.2 Å². The topological polar surface area (TPSA) is 101 Å². The fourth-order valence-electron chi connectivity index (χ4n) is 5.66. The van der Waals surface area contributed by atoms with Crippen LogP contribution in [0.15, 0.2) is 60.2 Å². The summed E-state index contributed by atoms with van der Waals surface area (Å²) in [5, 5.41) is 6.62. The highest BCUT2D eigenvalue weighted by atomic mass is 35.5. The first-order valence-corrected chi connectivity index (χ1v) is 15.2. The molecule has 43 heavy (non-hydrogen) atoms. The third-order valence-electron chi connectivity index (χ3n) is 7.85. The van der Waals surface area contributed by atoms with Gasteiger partial charge in [0.25, 0.3) is 17.7 Å². The maximum Gasteiger partial charge on any atom is 0.335 e. The lowest BCUT2D eigenvalue weighted by atomic mass is 9.95. The molecule has 10 heteroatoms. The Labute approximate surface area is 258 Å². The Kier molecular flexibility index (Phi) is 7.54. The van der Waals surface area contributed by atoms with Crippen molar-refractivity contribution in [3.8, 4) is 5.00 Å². The van der Waals surface area contributed by atoms with Crippen molar-refractivity contribution >= 4 is 64.1 Å². The number of hydrogen-bond donors (Lipinski definition) is 2. The van der Waals surface area contributed by atoms with Crippen LogP contribution < -0.4 is 15.5 Å². The number of barbiturate groups is 1. The molecule has 0 radical (unpaired) electrons. The molecule has 2 N–H and O–H groups in total. The molecule has 3 heterocycles. The van der Waals surface area contributed by atoms with E-state index in [4.69, 9.17) is 11.6 Å². The van der Waals surface area contributed by atoms with Crippen LogP contribution in [0, 0.1) is 20.8 Å². The second-order valence-electron chi connectivity index (χ2n) is 10.8. The number of halogens is 1. The molecule has 1 aliphatic heterocycles. The van der Waals surface area contributed by atoms with Crippen molar-refractivity contribution in [2.45, 2.75) is 46.5 Å². The van der Waals surface area contributed by atoms with Gasteiger partial charge in [-0.3, -0.25) is 19.7 Å². The fraction of sp³-hybridized carbons (Fsp3) is 0.212. The van der Waals surface area contributed by atoms with Crippen LogP contribution in [0.25, 0.3) is 11.1 Å². The number of nitrogens with one attached hydrogen (secondary N) is 2. The average Bonchev–Trinajstić information content (AvgIpc) is 3.48. The van der Waals surface area contributed by atoms with Gasteiger partial charge in [-0.1, -0.05) is 29.3 Å². The summed E-state index contributed by atoms with van der Waals surface area (Å²) in [5.41, 5.74) is 5.96. The Bertz CT molecular complexity index is 1830. The summed E-state index contributed by atoms with van der Waals surface area (Å²) in [6.07, 6.45) is 5.36. The Balaban J connectivity index is 1.40. The molecular formula is C33H29ClN4O4S. The standard InChI is InChI=1S/C33H29ClN4O4S/c1-18-8-12-23(13-9-18)35-30(40)28-25-6-4-5-7-27(25)43-32(28)37-19(2)16-21(20(37)3)17-26-29(39)36-33(42)38(31(26)41)24-14-10-22(34)11-15-24/h8-17H,4-7H2,1-3H3,(H,35,40)(H,36,39,42)/b26-17+. The third-order valence-corrected chi connectivity index (χ3v) is 9.38. The highest BCUT2D eigenvalue weighted by Crippen LogP contribution is 2.39. The van der Waals surface area contributed by atoms with Crippen molar-refractivity contribution in [1.82, 2.24) is 9.88 Å². The number of fused-ring (bicyclic) bond motifs is 1. The lowest BCUT2D eigenvalue weighted by Crippen LogP contribution is -2.54. The highest BCUT2D eigenvalue weighted by Gasteiger charge is 2.37. The molecule has 0 bridgehead atoms. The van der Waals surface area contributed by atoms with Gasteiger partial charge in [-0.25, -0.2) is 9.69 Å². The zero-order valence-electron chi connectivity index (χ0n) is 23.9. The number of anilines is 2. The van der Waals surface area contributed by atoms with Gasteiger partial charge in [0, 0.05) is 27.0 Å². The van der Waals surface area contributed by atoms with Gasteiger partial charge >= 0.3 is 6.03 Å². The maximum atomic E-state index is 13.8. The summed E-state index contributed by atoms with van der Waals surface area (Å²) in [5.74, 6) is -1.66. The Morgan fingerprint density at radius 2 is 1.67 bits per heavy atom. The van der Waals surface area contributed by atoms with Gasteiger partial charge in [0.05, 0.1) is 11.3 Å². The number of carbonyl (C=O) groups is 4. The molecule has 218 valence electrons. The number of nitrogens with zero attached hydrogens (tertiary/aromatic N) is 2. The minimum atomic E-state index is -0.826. The number of amides is 5. The largest absolute Gasteiger partial charge is 0.335 e. The Morgan fingerprint density at radius 1 is 0.977 bits per heavy atom. The highest BCUT2D eigenvalue weighted by molar-refractivity contribution is 7.15. The van der Waals surface area contributed by atoms with Crippen molar-refractivity contribution in [2.24, 2.45) is 0 Å². The molecule has 0 atom stereocenters. The molecule has 1 fully saturated rings. The number of hydrogen-bond acceptors (Lipinski definition) is 5. The second-order valence-corrected chi connectivity index (χ2v) is 12.3. The van der Waals surface area contributed by atoms with E-state index in [9.17, 15) is 19.2 Å².